The third kappa shape index (κ3) is 2.17. The first-order chi connectivity index (χ1) is 5.71. The summed E-state index contributed by atoms with van der Waals surface area (Å²) in [6, 6.07) is 0. The largest absolute Gasteiger partial charge is 0.381 e. The fraction of sp³-hybridized carbons (Fsp3) is 1.00. The number of hydrogen-bond acceptors (Lipinski definition) is 2. The molecule has 0 N–H and O–H groups in total. The summed E-state index contributed by atoms with van der Waals surface area (Å²) in [5.41, 5.74) is 0.567. The molecule has 0 aromatic heterocycles. The van der Waals surface area contributed by atoms with Crippen LogP contribution in [0.15, 0.2) is 0 Å². The number of rotatable bonds is 3. The highest BCUT2D eigenvalue weighted by Crippen LogP contribution is 2.40. The minimum absolute atomic E-state index is 0.567. The molecular formula is C10H20OS. The fourth-order valence-corrected chi connectivity index (χ4v) is 3.15. The first kappa shape index (κ1) is 10.4. The molecule has 1 heterocycles. The summed E-state index contributed by atoms with van der Waals surface area (Å²) >= 11 is 1.98. The second kappa shape index (κ2) is 4.52. The molecule has 0 bridgehead atoms. The van der Waals surface area contributed by atoms with Crippen LogP contribution < -0.4 is 0 Å². The lowest BCUT2D eigenvalue weighted by Gasteiger charge is -2.40. The zero-order valence-electron chi connectivity index (χ0n) is 8.43. The van der Waals surface area contributed by atoms with E-state index in [0.29, 0.717) is 5.41 Å². The van der Waals surface area contributed by atoms with Crippen LogP contribution in [0.5, 0.6) is 0 Å². The van der Waals surface area contributed by atoms with E-state index < -0.39 is 0 Å². The van der Waals surface area contributed by atoms with E-state index in [1.807, 2.05) is 11.8 Å². The molecule has 0 unspecified atom stereocenters. The summed E-state index contributed by atoms with van der Waals surface area (Å²) in [6.45, 7) is 6.64. The standard InChI is InChI=1S/C10H20OS/c1-9(2)10(8-12-3)4-6-11-7-5-10/h9H,4-8H2,1-3H3. The van der Waals surface area contributed by atoms with Crippen molar-refractivity contribution in [2.45, 2.75) is 26.7 Å². The Labute approximate surface area is 80.3 Å². The molecular weight excluding hydrogens is 168 g/mol. The second-order valence-corrected chi connectivity index (χ2v) is 4.93. The van der Waals surface area contributed by atoms with E-state index in [0.717, 1.165) is 19.1 Å². The van der Waals surface area contributed by atoms with Gasteiger partial charge in [0.05, 0.1) is 0 Å². The van der Waals surface area contributed by atoms with Crippen molar-refractivity contribution in [3.05, 3.63) is 0 Å². The van der Waals surface area contributed by atoms with E-state index in [9.17, 15) is 0 Å². The van der Waals surface area contributed by atoms with Crippen LogP contribution in [0.2, 0.25) is 0 Å². The van der Waals surface area contributed by atoms with Crippen molar-refractivity contribution in [1.82, 2.24) is 0 Å². The van der Waals surface area contributed by atoms with E-state index in [2.05, 4.69) is 20.1 Å². The molecule has 0 aliphatic carbocycles. The Bertz CT molecular complexity index is 122. The van der Waals surface area contributed by atoms with Crippen LogP contribution in [-0.2, 0) is 4.74 Å². The van der Waals surface area contributed by atoms with E-state index in [1.54, 1.807) is 0 Å². The van der Waals surface area contributed by atoms with Crippen LogP contribution in [0.1, 0.15) is 26.7 Å². The molecule has 1 aliphatic heterocycles. The number of ether oxygens (including phenoxy) is 1. The molecule has 0 aromatic carbocycles. The van der Waals surface area contributed by atoms with E-state index >= 15 is 0 Å². The van der Waals surface area contributed by atoms with Gasteiger partial charge >= 0.3 is 0 Å². The molecule has 72 valence electrons. The van der Waals surface area contributed by atoms with Crippen molar-refractivity contribution >= 4 is 11.8 Å². The first-order valence-electron chi connectivity index (χ1n) is 4.78. The summed E-state index contributed by atoms with van der Waals surface area (Å²) in [7, 11) is 0. The third-order valence-corrected chi connectivity index (χ3v) is 4.01. The molecule has 12 heavy (non-hydrogen) atoms. The molecule has 0 amide bonds. The summed E-state index contributed by atoms with van der Waals surface area (Å²) in [4.78, 5) is 0. The van der Waals surface area contributed by atoms with Crippen LogP contribution in [0.3, 0.4) is 0 Å². The second-order valence-electron chi connectivity index (χ2n) is 4.06. The average Bonchev–Trinajstić information content (AvgIpc) is 2.06. The first-order valence-corrected chi connectivity index (χ1v) is 6.17. The number of hydrogen-bond donors (Lipinski definition) is 0. The molecule has 0 atom stereocenters. The van der Waals surface area contributed by atoms with Gasteiger partial charge in [0.15, 0.2) is 0 Å². The highest BCUT2D eigenvalue weighted by molar-refractivity contribution is 7.98. The van der Waals surface area contributed by atoms with Gasteiger partial charge in [-0.15, -0.1) is 0 Å². The highest BCUT2D eigenvalue weighted by Gasteiger charge is 2.34. The normalized spacial score (nSPS) is 23.0. The topological polar surface area (TPSA) is 9.23 Å². The monoisotopic (exact) mass is 188 g/mol. The van der Waals surface area contributed by atoms with E-state index in [1.165, 1.54) is 18.6 Å². The van der Waals surface area contributed by atoms with Gasteiger partial charge in [0, 0.05) is 13.2 Å². The summed E-state index contributed by atoms with van der Waals surface area (Å²) in [5.74, 6) is 2.10. The Balaban J connectivity index is 2.56. The predicted octanol–water partition coefficient (Wildman–Crippen LogP) is 2.80. The van der Waals surface area contributed by atoms with Crippen LogP contribution >= 0.6 is 11.8 Å². The van der Waals surface area contributed by atoms with Crippen molar-refractivity contribution in [3.63, 3.8) is 0 Å². The van der Waals surface area contributed by atoms with Crippen LogP contribution in [0.4, 0.5) is 0 Å². The lowest BCUT2D eigenvalue weighted by molar-refractivity contribution is 0.00342. The Kier molecular flexibility index (Phi) is 3.91. The molecule has 0 aromatic rings. The predicted molar refractivity (Wildman–Crippen MR) is 55.7 cm³/mol. The van der Waals surface area contributed by atoms with Crippen LogP contribution in [-0.4, -0.2) is 25.2 Å². The van der Waals surface area contributed by atoms with Crippen LogP contribution in [0, 0.1) is 11.3 Å². The molecule has 0 saturated carbocycles. The van der Waals surface area contributed by atoms with Gasteiger partial charge in [-0.3, -0.25) is 0 Å². The molecule has 1 aliphatic rings. The van der Waals surface area contributed by atoms with E-state index in [-0.39, 0.29) is 0 Å². The van der Waals surface area contributed by atoms with Gasteiger partial charge < -0.3 is 4.74 Å². The third-order valence-electron chi connectivity index (χ3n) is 3.15. The average molecular weight is 188 g/mol. The Hall–Kier alpha value is 0.310. The molecule has 0 radical (unpaired) electrons. The van der Waals surface area contributed by atoms with Gasteiger partial charge in [-0.25, -0.2) is 0 Å². The molecule has 0 spiro atoms. The van der Waals surface area contributed by atoms with Gasteiger partial charge in [-0.2, -0.15) is 11.8 Å². The zero-order chi connectivity index (χ0) is 9.03. The van der Waals surface area contributed by atoms with Gasteiger partial charge in [-0.1, -0.05) is 13.8 Å². The Morgan fingerprint density at radius 3 is 2.33 bits per heavy atom. The maximum absolute atomic E-state index is 5.41. The highest BCUT2D eigenvalue weighted by atomic mass is 32.2. The minimum atomic E-state index is 0.567. The lowest BCUT2D eigenvalue weighted by Crippen LogP contribution is -2.36. The minimum Gasteiger partial charge on any atom is -0.381 e. The fourth-order valence-electron chi connectivity index (χ4n) is 1.95. The van der Waals surface area contributed by atoms with Gasteiger partial charge in [0.1, 0.15) is 0 Å². The van der Waals surface area contributed by atoms with Crippen LogP contribution in [0.25, 0.3) is 0 Å². The lowest BCUT2D eigenvalue weighted by atomic mass is 9.73. The van der Waals surface area contributed by atoms with Crippen molar-refractivity contribution in [2.24, 2.45) is 11.3 Å². The van der Waals surface area contributed by atoms with Crippen molar-refractivity contribution in [1.29, 1.82) is 0 Å². The molecule has 1 saturated heterocycles. The summed E-state index contributed by atoms with van der Waals surface area (Å²) in [5, 5.41) is 0. The molecule has 1 nitrogen and oxygen atoms in total. The molecule has 2 heteroatoms. The van der Waals surface area contributed by atoms with Gasteiger partial charge in [0.25, 0.3) is 0 Å². The quantitative estimate of drug-likeness (QED) is 0.673. The number of thioether (sulfide) groups is 1. The smallest absolute Gasteiger partial charge is 0.0471 e. The Morgan fingerprint density at radius 2 is 1.92 bits per heavy atom. The van der Waals surface area contributed by atoms with Crippen molar-refractivity contribution < 1.29 is 4.74 Å². The summed E-state index contributed by atoms with van der Waals surface area (Å²) < 4.78 is 5.41. The maximum atomic E-state index is 5.41. The summed E-state index contributed by atoms with van der Waals surface area (Å²) in [6.07, 6.45) is 4.72. The molecule has 1 rings (SSSR count). The Morgan fingerprint density at radius 1 is 1.33 bits per heavy atom. The van der Waals surface area contributed by atoms with Crippen molar-refractivity contribution in [3.8, 4) is 0 Å². The van der Waals surface area contributed by atoms with Gasteiger partial charge in [-0.05, 0) is 36.2 Å². The van der Waals surface area contributed by atoms with Gasteiger partial charge in [0.2, 0.25) is 0 Å². The zero-order valence-corrected chi connectivity index (χ0v) is 9.25. The van der Waals surface area contributed by atoms with E-state index in [4.69, 9.17) is 4.74 Å². The maximum Gasteiger partial charge on any atom is 0.0471 e. The van der Waals surface area contributed by atoms with Crippen molar-refractivity contribution in [2.75, 3.05) is 25.2 Å². The SMILES string of the molecule is CSCC1(C(C)C)CCOCC1. The molecule has 1 fully saturated rings.